The Morgan fingerprint density at radius 3 is 2.68 bits per heavy atom. The molecule has 0 aliphatic heterocycles. The number of nitrogens with one attached hydrogen (secondary N) is 2. The van der Waals surface area contributed by atoms with Gasteiger partial charge in [-0.3, -0.25) is 9.36 Å². The minimum absolute atomic E-state index is 0.0596. The first kappa shape index (κ1) is 25.5. The third-order valence-corrected chi connectivity index (χ3v) is 5.88. The molecule has 2 heterocycles. The molecular formula is C27H31N7O3. The molecule has 4 rings (SSSR count). The number of amides is 1. The van der Waals surface area contributed by atoms with Crippen molar-refractivity contribution in [3.05, 3.63) is 67.5 Å². The number of anilines is 4. The van der Waals surface area contributed by atoms with Crippen molar-refractivity contribution in [2.24, 2.45) is 0 Å². The number of hydrogen-bond donors (Lipinski definition) is 3. The van der Waals surface area contributed by atoms with E-state index in [0.717, 1.165) is 29.7 Å². The Bertz CT molecular complexity index is 1430. The van der Waals surface area contributed by atoms with Crippen LogP contribution in [-0.4, -0.2) is 71.8 Å². The molecule has 3 N–H and O–H groups in total. The number of carbonyl (C=O) groups excluding carboxylic acids is 1. The Morgan fingerprint density at radius 1 is 1.16 bits per heavy atom. The third-order valence-electron chi connectivity index (χ3n) is 5.88. The van der Waals surface area contributed by atoms with Crippen LogP contribution in [0.3, 0.4) is 0 Å². The summed E-state index contributed by atoms with van der Waals surface area (Å²) in [5, 5.41) is 17.6. The first-order valence-electron chi connectivity index (χ1n) is 11.7. The summed E-state index contributed by atoms with van der Waals surface area (Å²) in [6.45, 7) is 5.12. The Kier molecular flexibility index (Phi) is 7.59. The lowest BCUT2D eigenvalue weighted by Gasteiger charge is -2.26. The maximum Gasteiger partial charge on any atom is 0.247 e. The molecule has 0 saturated carbocycles. The topological polar surface area (TPSA) is 108 Å². The number of fused-ring (bicyclic) bond motifs is 1. The number of para-hydroxylation sites is 1. The Hall–Kier alpha value is -4.57. The number of aromatic hydroxyl groups is 1. The third kappa shape index (κ3) is 5.65. The van der Waals surface area contributed by atoms with Crippen LogP contribution in [0.5, 0.6) is 11.5 Å². The molecule has 0 fully saturated rings. The first-order valence-corrected chi connectivity index (χ1v) is 11.7. The van der Waals surface area contributed by atoms with Crippen molar-refractivity contribution in [2.45, 2.75) is 0 Å². The van der Waals surface area contributed by atoms with Crippen molar-refractivity contribution in [3.8, 4) is 17.3 Å². The fraction of sp³-hybridized carbons (Fsp3) is 0.222. The number of ether oxygens (including phenoxy) is 1. The van der Waals surface area contributed by atoms with E-state index in [1.165, 1.54) is 12.3 Å². The summed E-state index contributed by atoms with van der Waals surface area (Å²) in [7, 11) is 7.53. The molecule has 0 radical (unpaired) electrons. The van der Waals surface area contributed by atoms with Crippen molar-refractivity contribution in [3.63, 3.8) is 0 Å². The highest BCUT2D eigenvalue weighted by atomic mass is 16.5. The Balaban J connectivity index is 1.72. The minimum atomic E-state index is -0.332. The molecular weight excluding hydrogens is 470 g/mol. The molecule has 2 aromatic carbocycles. The zero-order valence-corrected chi connectivity index (χ0v) is 21.4. The predicted octanol–water partition coefficient (Wildman–Crippen LogP) is 4.00. The highest BCUT2D eigenvalue weighted by molar-refractivity contribution is 6.02. The van der Waals surface area contributed by atoms with Gasteiger partial charge >= 0.3 is 0 Å². The van der Waals surface area contributed by atoms with E-state index in [-0.39, 0.29) is 17.6 Å². The van der Waals surface area contributed by atoms with E-state index >= 15 is 0 Å². The minimum Gasteiger partial charge on any atom is -0.503 e. The zero-order valence-electron chi connectivity index (χ0n) is 21.4. The second-order valence-corrected chi connectivity index (χ2v) is 8.76. The fourth-order valence-corrected chi connectivity index (χ4v) is 3.90. The van der Waals surface area contributed by atoms with Gasteiger partial charge in [0.25, 0.3) is 0 Å². The lowest BCUT2D eigenvalue weighted by Crippen LogP contribution is -2.29. The van der Waals surface area contributed by atoms with E-state index in [1.54, 1.807) is 17.7 Å². The van der Waals surface area contributed by atoms with Crippen molar-refractivity contribution in [1.82, 2.24) is 19.4 Å². The van der Waals surface area contributed by atoms with Crippen LogP contribution in [0.15, 0.2) is 67.5 Å². The molecule has 2 aromatic heterocycles. The number of hydrogen-bond acceptors (Lipinski definition) is 8. The van der Waals surface area contributed by atoms with Gasteiger partial charge in [0.15, 0.2) is 11.6 Å². The summed E-state index contributed by atoms with van der Waals surface area (Å²) in [4.78, 5) is 25.1. The maximum absolute atomic E-state index is 12.2. The number of aromatic nitrogens is 3. The van der Waals surface area contributed by atoms with Crippen LogP contribution in [0.1, 0.15) is 0 Å². The molecule has 0 atom stereocenters. The summed E-state index contributed by atoms with van der Waals surface area (Å²) < 4.78 is 7.46. The van der Waals surface area contributed by atoms with E-state index in [9.17, 15) is 9.90 Å². The normalized spacial score (nSPS) is 10.9. The maximum atomic E-state index is 12.2. The van der Waals surface area contributed by atoms with Crippen LogP contribution in [-0.2, 0) is 4.79 Å². The standard InChI is InChI=1S/C27H31N7O3/c1-6-25(36)29-19-15-20(24(37-5)16-22(19)33(4)14-13-32(2)3)30-27-28-17-23(35)26(31-27)34-12-11-18-9-7-8-10-21(18)34/h6-12,15-17,35H,1,13-14H2,2-5H3,(H,29,36)(H,28,30,31). The van der Waals surface area contributed by atoms with E-state index in [4.69, 9.17) is 4.74 Å². The van der Waals surface area contributed by atoms with Gasteiger partial charge in [-0.25, -0.2) is 4.98 Å². The molecule has 0 saturated heterocycles. The van der Waals surface area contributed by atoms with E-state index in [1.807, 2.05) is 68.6 Å². The van der Waals surface area contributed by atoms with Crippen molar-refractivity contribution in [2.75, 3.05) is 56.9 Å². The highest BCUT2D eigenvalue weighted by Crippen LogP contribution is 2.38. The smallest absolute Gasteiger partial charge is 0.247 e. The molecule has 1 amide bonds. The summed E-state index contributed by atoms with van der Waals surface area (Å²) in [5.74, 6) is 0.723. The van der Waals surface area contributed by atoms with Gasteiger partial charge in [0, 0.05) is 32.4 Å². The molecule has 37 heavy (non-hydrogen) atoms. The number of carbonyl (C=O) groups is 1. The van der Waals surface area contributed by atoms with Gasteiger partial charge in [0.05, 0.1) is 35.9 Å². The van der Waals surface area contributed by atoms with Gasteiger partial charge in [0.2, 0.25) is 11.9 Å². The van der Waals surface area contributed by atoms with Crippen LogP contribution in [0.2, 0.25) is 0 Å². The summed E-state index contributed by atoms with van der Waals surface area (Å²) in [6, 6.07) is 13.4. The molecule has 192 valence electrons. The van der Waals surface area contributed by atoms with Gasteiger partial charge in [-0.1, -0.05) is 24.8 Å². The van der Waals surface area contributed by atoms with Gasteiger partial charge in [-0.05, 0) is 43.8 Å². The first-order chi connectivity index (χ1) is 17.8. The van der Waals surface area contributed by atoms with Crippen LogP contribution in [0.25, 0.3) is 16.7 Å². The molecule has 0 unspecified atom stereocenters. The number of benzene rings is 2. The number of methoxy groups -OCH3 is 1. The zero-order chi connectivity index (χ0) is 26.5. The summed E-state index contributed by atoms with van der Waals surface area (Å²) in [5.41, 5.74) is 2.80. The van der Waals surface area contributed by atoms with Crippen LogP contribution in [0, 0.1) is 0 Å². The molecule has 0 spiro atoms. The van der Waals surface area contributed by atoms with Crippen LogP contribution in [0.4, 0.5) is 23.0 Å². The van der Waals surface area contributed by atoms with E-state index in [0.29, 0.717) is 22.9 Å². The molecule has 0 aliphatic rings. The lowest BCUT2D eigenvalue weighted by molar-refractivity contribution is -0.111. The lowest BCUT2D eigenvalue weighted by atomic mass is 10.2. The average Bonchev–Trinajstić information content (AvgIpc) is 3.32. The predicted molar refractivity (Wildman–Crippen MR) is 147 cm³/mol. The largest absolute Gasteiger partial charge is 0.503 e. The average molecular weight is 502 g/mol. The monoisotopic (exact) mass is 501 g/mol. The highest BCUT2D eigenvalue weighted by Gasteiger charge is 2.18. The van der Waals surface area contributed by atoms with Crippen molar-refractivity contribution in [1.29, 1.82) is 0 Å². The SMILES string of the molecule is C=CC(=O)Nc1cc(Nc2ncc(O)c(-n3ccc4ccccc43)n2)c(OC)cc1N(C)CCN(C)C. The number of nitrogens with zero attached hydrogens (tertiary/aromatic N) is 5. The van der Waals surface area contributed by atoms with Crippen molar-refractivity contribution >= 4 is 39.8 Å². The van der Waals surface area contributed by atoms with Crippen molar-refractivity contribution < 1.29 is 14.6 Å². The summed E-state index contributed by atoms with van der Waals surface area (Å²) >= 11 is 0. The molecule has 10 heteroatoms. The van der Waals surface area contributed by atoms with Crippen LogP contribution >= 0.6 is 0 Å². The molecule has 0 bridgehead atoms. The molecule has 10 nitrogen and oxygen atoms in total. The van der Waals surface area contributed by atoms with Gasteiger partial charge in [-0.15, -0.1) is 0 Å². The van der Waals surface area contributed by atoms with Crippen LogP contribution < -0.4 is 20.3 Å². The fourth-order valence-electron chi connectivity index (χ4n) is 3.90. The number of likely N-dealkylation sites (N-methyl/N-ethyl adjacent to an activating group) is 2. The second-order valence-electron chi connectivity index (χ2n) is 8.76. The second kappa shape index (κ2) is 11.0. The van der Waals surface area contributed by atoms with Gasteiger partial charge in [0.1, 0.15) is 5.75 Å². The summed E-state index contributed by atoms with van der Waals surface area (Å²) in [6.07, 6.45) is 4.41. The Labute approximate surface area is 215 Å². The Morgan fingerprint density at radius 2 is 1.95 bits per heavy atom. The van der Waals surface area contributed by atoms with Gasteiger partial charge < -0.3 is 30.3 Å². The molecule has 4 aromatic rings. The quantitative estimate of drug-likeness (QED) is 0.280. The number of rotatable bonds is 10. The molecule has 0 aliphatic carbocycles. The van der Waals surface area contributed by atoms with Gasteiger partial charge in [-0.2, -0.15) is 4.98 Å². The van der Waals surface area contributed by atoms with E-state index < -0.39 is 0 Å². The van der Waals surface area contributed by atoms with E-state index in [2.05, 4.69) is 32.1 Å².